The van der Waals surface area contributed by atoms with Gasteiger partial charge in [0.05, 0.1) is 41.2 Å². The first-order valence-corrected chi connectivity index (χ1v) is 10.7. The van der Waals surface area contributed by atoms with Gasteiger partial charge in [-0.3, -0.25) is 14.2 Å². The number of ether oxygens (including phenoxy) is 1. The lowest BCUT2D eigenvalue weighted by molar-refractivity contribution is 0.0941. The molecule has 8 heteroatoms. The average molecular weight is 433 g/mol. The zero-order valence-corrected chi connectivity index (χ0v) is 19.3. The molecule has 0 radical (unpaired) electrons. The van der Waals surface area contributed by atoms with E-state index in [0.717, 1.165) is 40.2 Å². The number of nitrogens with zero attached hydrogens (tertiary/aromatic N) is 5. The molecule has 166 valence electrons. The maximum Gasteiger partial charge on any atom is 0.252 e. The summed E-state index contributed by atoms with van der Waals surface area (Å²) in [6, 6.07) is 9.28. The van der Waals surface area contributed by atoms with Gasteiger partial charge in [-0.25, -0.2) is 4.98 Å². The molecule has 1 N–H and O–H groups in total. The van der Waals surface area contributed by atoms with Crippen molar-refractivity contribution in [3.05, 3.63) is 59.0 Å². The van der Waals surface area contributed by atoms with Gasteiger partial charge in [-0.2, -0.15) is 10.2 Å². The summed E-state index contributed by atoms with van der Waals surface area (Å²) in [4.78, 5) is 18.3. The van der Waals surface area contributed by atoms with Crippen LogP contribution in [0.5, 0.6) is 5.75 Å². The normalized spacial score (nSPS) is 12.2. The maximum atomic E-state index is 13.5. The second-order valence-corrected chi connectivity index (χ2v) is 7.92. The van der Waals surface area contributed by atoms with Crippen LogP contribution in [0, 0.1) is 13.8 Å². The van der Waals surface area contributed by atoms with E-state index in [0.29, 0.717) is 16.9 Å². The van der Waals surface area contributed by atoms with Crippen molar-refractivity contribution in [1.29, 1.82) is 0 Å². The Kier molecular flexibility index (Phi) is 5.69. The molecule has 0 aliphatic heterocycles. The molecule has 0 aliphatic carbocycles. The Morgan fingerprint density at radius 3 is 2.66 bits per heavy atom. The number of rotatable bonds is 6. The molecule has 1 amide bonds. The van der Waals surface area contributed by atoms with Crippen molar-refractivity contribution in [3.8, 4) is 17.0 Å². The van der Waals surface area contributed by atoms with Crippen LogP contribution in [0.25, 0.3) is 22.3 Å². The van der Waals surface area contributed by atoms with Gasteiger partial charge in [0, 0.05) is 30.9 Å². The Bertz CT molecular complexity index is 1300. The van der Waals surface area contributed by atoms with Crippen molar-refractivity contribution in [2.75, 3.05) is 7.11 Å². The zero-order valence-electron chi connectivity index (χ0n) is 19.3. The molecule has 3 aromatic heterocycles. The van der Waals surface area contributed by atoms with Crippen LogP contribution in [-0.2, 0) is 13.6 Å². The van der Waals surface area contributed by atoms with Crippen LogP contribution in [-0.4, -0.2) is 37.6 Å². The molecule has 32 heavy (non-hydrogen) atoms. The van der Waals surface area contributed by atoms with Crippen LogP contribution < -0.4 is 10.1 Å². The number of carbonyl (C=O) groups is 1. The molecule has 1 aromatic carbocycles. The summed E-state index contributed by atoms with van der Waals surface area (Å²) in [7, 11) is 3.47. The number of hydrogen-bond acceptors (Lipinski definition) is 5. The Labute approximate surface area is 187 Å². The minimum absolute atomic E-state index is 0.172. The first kappa shape index (κ1) is 21.5. The Morgan fingerprint density at radius 1 is 1.19 bits per heavy atom. The number of fused-ring (bicyclic) bond motifs is 1. The van der Waals surface area contributed by atoms with E-state index >= 15 is 0 Å². The maximum absolute atomic E-state index is 13.5. The summed E-state index contributed by atoms with van der Waals surface area (Å²) in [5.41, 5.74) is 5.44. The molecule has 1 atom stereocenters. The first-order chi connectivity index (χ1) is 15.3. The third kappa shape index (κ3) is 3.84. The number of carbonyl (C=O) groups excluding carboxylic acids is 1. The predicted molar refractivity (Wildman–Crippen MR) is 124 cm³/mol. The zero-order chi connectivity index (χ0) is 23.0. The number of hydrogen-bond donors (Lipinski definition) is 1. The highest BCUT2D eigenvalue weighted by molar-refractivity contribution is 6.07. The average Bonchev–Trinajstić information content (AvgIpc) is 3.31. The fraction of sp³-hybridized carbons (Fsp3) is 0.333. The van der Waals surface area contributed by atoms with E-state index in [1.54, 1.807) is 11.8 Å². The lowest BCUT2D eigenvalue weighted by Crippen LogP contribution is -2.27. The molecule has 8 nitrogen and oxygen atoms in total. The number of amides is 1. The van der Waals surface area contributed by atoms with Gasteiger partial charge in [-0.1, -0.05) is 12.1 Å². The summed E-state index contributed by atoms with van der Waals surface area (Å²) < 4.78 is 8.95. The minimum Gasteiger partial charge on any atom is -0.497 e. The molecule has 0 fully saturated rings. The van der Waals surface area contributed by atoms with Gasteiger partial charge in [0.25, 0.3) is 5.91 Å². The van der Waals surface area contributed by atoms with Crippen molar-refractivity contribution in [2.45, 2.75) is 40.3 Å². The van der Waals surface area contributed by atoms with E-state index < -0.39 is 0 Å². The number of aryl methyl sites for hydroxylation is 4. The fourth-order valence-corrected chi connectivity index (χ4v) is 4.03. The van der Waals surface area contributed by atoms with Crippen LogP contribution in [0.15, 0.2) is 36.5 Å². The van der Waals surface area contributed by atoms with Crippen molar-refractivity contribution >= 4 is 16.9 Å². The van der Waals surface area contributed by atoms with Crippen LogP contribution >= 0.6 is 0 Å². The lowest BCUT2D eigenvalue weighted by atomic mass is 10.0. The van der Waals surface area contributed by atoms with Gasteiger partial charge in [0.15, 0.2) is 5.65 Å². The van der Waals surface area contributed by atoms with E-state index in [-0.39, 0.29) is 11.9 Å². The molecular weight excluding hydrogens is 404 g/mol. The van der Waals surface area contributed by atoms with Crippen molar-refractivity contribution < 1.29 is 9.53 Å². The lowest BCUT2D eigenvalue weighted by Gasteiger charge is -2.15. The number of nitrogens with one attached hydrogen (secondary N) is 1. The molecular formula is C24H28N6O2. The molecule has 4 rings (SSSR count). The molecule has 0 saturated heterocycles. The van der Waals surface area contributed by atoms with E-state index in [4.69, 9.17) is 9.72 Å². The molecule has 3 heterocycles. The Balaban J connectivity index is 1.78. The SMILES string of the molecule is CCn1cc([C@@H](C)NC(=O)c2cc(-c3cccc(OC)c3)nc3c2c(C)nn3C)c(C)n1. The topological polar surface area (TPSA) is 86.9 Å². The highest BCUT2D eigenvalue weighted by atomic mass is 16.5. The van der Waals surface area contributed by atoms with Crippen molar-refractivity contribution in [1.82, 2.24) is 29.9 Å². The molecule has 0 aliphatic rings. The molecule has 4 aromatic rings. The van der Waals surface area contributed by atoms with Crippen LogP contribution in [0.4, 0.5) is 0 Å². The van der Waals surface area contributed by atoms with E-state index in [2.05, 4.69) is 15.5 Å². The van der Waals surface area contributed by atoms with Gasteiger partial charge >= 0.3 is 0 Å². The summed E-state index contributed by atoms with van der Waals surface area (Å²) in [6.07, 6.45) is 1.99. The van der Waals surface area contributed by atoms with Gasteiger partial charge in [0.2, 0.25) is 0 Å². The summed E-state index contributed by atoms with van der Waals surface area (Å²) >= 11 is 0. The van der Waals surface area contributed by atoms with Crippen LogP contribution in [0.3, 0.4) is 0 Å². The molecule has 0 saturated carbocycles. The Hall–Kier alpha value is -3.68. The summed E-state index contributed by atoms with van der Waals surface area (Å²) in [5.74, 6) is 0.558. The number of pyridine rings is 1. The highest BCUT2D eigenvalue weighted by Crippen LogP contribution is 2.29. The third-order valence-corrected chi connectivity index (χ3v) is 5.70. The highest BCUT2D eigenvalue weighted by Gasteiger charge is 2.22. The van der Waals surface area contributed by atoms with E-state index in [1.165, 1.54) is 0 Å². The largest absolute Gasteiger partial charge is 0.497 e. The third-order valence-electron chi connectivity index (χ3n) is 5.70. The second-order valence-electron chi connectivity index (χ2n) is 7.92. The van der Waals surface area contributed by atoms with Crippen molar-refractivity contribution in [3.63, 3.8) is 0 Å². The fourth-order valence-electron chi connectivity index (χ4n) is 4.03. The number of methoxy groups -OCH3 is 1. The Morgan fingerprint density at radius 2 is 1.97 bits per heavy atom. The van der Waals surface area contributed by atoms with Gasteiger partial charge in [-0.05, 0) is 45.9 Å². The number of aromatic nitrogens is 5. The van der Waals surface area contributed by atoms with E-state index in [9.17, 15) is 4.79 Å². The summed E-state index contributed by atoms with van der Waals surface area (Å²) in [6.45, 7) is 8.65. The van der Waals surface area contributed by atoms with Crippen molar-refractivity contribution in [2.24, 2.45) is 7.05 Å². The second kappa shape index (κ2) is 8.45. The number of benzene rings is 1. The minimum atomic E-state index is -0.191. The van der Waals surface area contributed by atoms with E-state index in [1.807, 2.05) is 76.0 Å². The molecule has 0 unspecified atom stereocenters. The van der Waals surface area contributed by atoms with Crippen LogP contribution in [0.2, 0.25) is 0 Å². The predicted octanol–water partition coefficient (Wildman–Crippen LogP) is 3.97. The first-order valence-electron chi connectivity index (χ1n) is 10.7. The standard InChI is InChI=1S/C24H28N6O2/c1-7-30-13-20(15(3)28-30)14(2)25-24(31)19-12-21(17-9-8-10-18(11-17)32-6)26-23-22(19)16(4)27-29(23)5/h8-14H,7H2,1-6H3,(H,25,31)/t14-/m1/s1. The summed E-state index contributed by atoms with van der Waals surface area (Å²) in [5, 5.41) is 12.9. The van der Waals surface area contributed by atoms with Crippen LogP contribution in [0.1, 0.15) is 47.2 Å². The molecule has 0 spiro atoms. The smallest absolute Gasteiger partial charge is 0.252 e. The van der Waals surface area contributed by atoms with Gasteiger partial charge in [0.1, 0.15) is 5.75 Å². The molecule has 0 bridgehead atoms. The monoisotopic (exact) mass is 432 g/mol. The van der Waals surface area contributed by atoms with Gasteiger partial charge < -0.3 is 10.1 Å². The van der Waals surface area contributed by atoms with Gasteiger partial charge in [-0.15, -0.1) is 0 Å². The quantitative estimate of drug-likeness (QED) is 0.498.